The summed E-state index contributed by atoms with van der Waals surface area (Å²) in [5.74, 6) is -1.30. The second-order valence-electron chi connectivity index (χ2n) is 7.75. The van der Waals surface area contributed by atoms with E-state index < -0.39 is 30.4 Å². The number of esters is 1. The monoisotopic (exact) mass is 386 g/mol. The van der Waals surface area contributed by atoms with Crippen LogP contribution in [0, 0.1) is 11.8 Å². The van der Waals surface area contributed by atoms with Gasteiger partial charge in [-0.15, -0.1) is 0 Å². The Bertz CT molecular complexity index is 771. The molecule has 0 spiro atoms. The third-order valence-corrected chi connectivity index (χ3v) is 5.95. The molecule has 7 nitrogen and oxygen atoms in total. The van der Waals surface area contributed by atoms with Crippen LogP contribution in [0.3, 0.4) is 0 Å². The van der Waals surface area contributed by atoms with Gasteiger partial charge in [-0.05, 0) is 37.3 Å². The molecule has 3 amide bonds. The molecule has 0 saturated heterocycles. The standard InChI is InChI=1S/C21H26N2O5/c1-12-7-6-10-17(13(12)2)22-18(24)11-28-21(27)14(3)23-19(25)15-8-4-5-9-16(15)20(23)26/h4-5,8-9,12-14,17H,6-7,10-11H2,1-3H3,(H,22,24)/t12-,13+,14+,17+/m0/s1. The molecule has 0 radical (unpaired) electrons. The van der Waals surface area contributed by atoms with Crippen molar-refractivity contribution in [3.8, 4) is 0 Å². The SMILES string of the molecule is C[C@@H]1[C@@H](C)CCC[C@H]1NC(=O)COC(=O)[C@@H](C)N1C(=O)c2ccccc2C1=O. The number of nitrogens with one attached hydrogen (secondary N) is 1. The van der Waals surface area contributed by atoms with Crippen LogP contribution in [-0.4, -0.2) is 47.3 Å². The summed E-state index contributed by atoms with van der Waals surface area (Å²) in [7, 11) is 0. The molecule has 0 bridgehead atoms. The molecule has 0 unspecified atom stereocenters. The number of carbonyl (C=O) groups excluding carboxylic acids is 4. The lowest BCUT2D eigenvalue weighted by Crippen LogP contribution is -2.47. The lowest BCUT2D eigenvalue weighted by Gasteiger charge is -2.34. The van der Waals surface area contributed by atoms with Crippen LogP contribution in [0.2, 0.25) is 0 Å². The van der Waals surface area contributed by atoms with E-state index in [0.29, 0.717) is 11.8 Å². The molecule has 28 heavy (non-hydrogen) atoms. The fraction of sp³-hybridized carbons (Fsp3) is 0.524. The normalized spacial score (nSPS) is 25.2. The molecule has 4 atom stereocenters. The van der Waals surface area contributed by atoms with Crippen molar-refractivity contribution in [2.45, 2.75) is 52.1 Å². The number of imide groups is 1. The van der Waals surface area contributed by atoms with Gasteiger partial charge in [0.05, 0.1) is 11.1 Å². The molecule has 3 rings (SSSR count). The highest BCUT2D eigenvalue weighted by atomic mass is 16.5. The van der Waals surface area contributed by atoms with E-state index in [-0.39, 0.29) is 23.1 Å². The van der Waals surface area contributed by atoms with E-state index in [1.807, 2.05) is 0 Å². The van der Waals surface area contributed by atoms with Crippen LogP contribution in [-0.2, 0) is 14.3 Å². The van der Waals surface area contributed by atoms with E-state index in [2.05, 4.69) is 19.2 Å². The Morgan fingerprint density at radius 3 is 2.36 bits per heavy atom. The Balaban J connectivity index is 1.54. The van der Waals surface area contributed by atoms with Gasteiger partial charge in [-0.3, -0.25) is 19.3 Å². The number of fused-ring (bicyclic) bond motifs is 1. The van der Waals surface area contributed by atoms with Crippen LogP contribution < -0.4 is 5.32 Å². The van der Waals surface area contributed by atoms with Crippen LogP contribution >= 0.6 is 0 Å². The number of carbonyl (C=O) groups is 4. The van der Waals surface area contributed by atoms with E-state index in [1.165, 1.54) is 6.92 Å². The molecule has 1 aromatic carbocycles. The summed E-state index contributed by atoms with van der Waals surface area (Å²) in [4.78, 5) is 50.3. The van der Waals surface area contributed by atoms with Crippen LogP contribution in [0.1, 0.15) is 60.7 Å². The zero-order valence-electron chi connectivity index (χ0n) is 16.4. The molecule has 1 N–H and O–H groups in total. The minimum Gasteiger partial charge on any atom is -0.454 e. The van der Waals surface area contributed by atoms with Gasteiger partial charge in [0.15, 0.2) is 6.61 Å². The molecule has 150 valence electrons. The summed E-state index contributed by atoms with van der Waals surface area (Å²) in [5.41, 5.74) is 0.538. The smallest absolute Gasteiger partial charge is 0.329 e. The topological polar surface area (TPSA) is 92.8 Å². The first-order chi connectivity index (χ1) is 13.3. The molecule has 7 heteroatoms. The van der Waals surface area contributed by atoms with E-state index in [1.54, 1.807) is 24.3 Å². The largest absolute Gasteiger partial charge is 0.454 e. The van der Waals surface area contributed by atoms with Gasteiger partial charge in [-0.2, -0.15) is 0 Å². The Labute approximate surface area is 164 Å². The van der Waals surface area contributed by atoms with Crippen molar-refractivity contribution in [3.63, 3.8) is 0 Å². The zero-order chi connectivity index (χ0) is 20.4. The molecule has 2 aliphatic rings. The predicted molar refractivity (Wildman–Crippen MR) is 101 cm³/mol. The summed E-state index contributed by atoms with van der Waals surface area (Å²) in [6.07, 6.45) is 3.13. The molecule has 1 aliphatic heterocycles. The Morgan fingerprint density at radius 1 is 1.14 bits per heavy atom. The van der Waals surface area contributed by atoms with Crippen molar-refractivity contribution >= 4 is 23.7 Å². The third kappa shape index (κ3) is 3.79. The average molecular weight is 386 g/mol. The van der Waals surface area contributed by atoms with Crippen LogP contribution in [0.15, 0.2) is 24.3 Å². The van der Waals surface area contributed by atoms with Gasteiger partial charge in [0, 0.05) is 6.04 Å². The molecular formula is C21H26N2O5. The van der Waals surface area contributed by atoms with E-state index in [4.69, 9.17) is 4.74 Å². The second-order valence-corrected chi connectivity index (χ2v) is 7.75. The van der Waals surface area contributed by atoms with Crippen molar-refractivity contribution in [2.75, 3.05) is 6.61 Å². The van der Waals surface area contributed by atoms with Crippen molar-refractivity contribution in [2.24, 2.45) is 11.8 Å². The Hall–Kier alpha value is -2.70. The van der Waals surface area contributed by atoms with Crippen molar-refractivity contribution in [3.05, 3.63) is 35.4 Å². The number of hydrogen-bond acceptors (Lipinski definition) is 5. The molecule has 1 saturated carbocycles. The molecular weight excluding hydrogens is 360 g/mol. The highest BCUT2D eigenvalue weighted by Gasteiger charge is 2.41. The fourth-order valence-corrected chi connectivity index (χ4v) is 3.96. The molecule has 1 aliphatic carbocycles. The van der Waals surface area contributed by atoms with Crippen molar-refractivity contribution in [1.82, 2.24) is 10.2 Å². The summed E-state index contributed by atoms with van der Waals surface area (Å²) in [6, 6.07) is 5.39. The van der Waals surface area contributed by atoms with Crippen molar-refractivity contribution in [1.29, 1.82) is 0 Å². The maximum atomic E-state index is 12.4. The van der Waals surface area contributed by atoms with Crippen LogP contribution in [0.5, 0.6) is 0 Å². The number of benzene rings is 1. The first-order valence-electron chi connectivity index (χ1n) is 9.74. The predicted octanol–water partition coefficient (Wildman–Crippen LogP) is 2.16. The van der Waals surface area contributed by atoms with Gasteiger partial charge in [0.1, 0.15) is 6.04 Å². The van der Waals surface area contributed by atoms with Crippen LogP contribution in [0.4, 0.5) is 0 Å². The Kier molecular flexibility index (Phi) is 5.82. The van der Waals surface area contributed by atoms with Gasteiger partial charge < -0.3 is 10.1 Å². The van der Waals surface area contributed by atoms with Gasteiger partial charge >= 0.3 is 5.97 Å². The first kappa shape index (κ1) is 20.0. The quantitative estimate of drug-likeness (QED) is 0.618. The minimum atomic E-state index is -1.10. The van der Waals surface area contributed by atoms with Gasteiger partial charge in [-0.1, -0.05) is 38.8 Å². The molecule has 0 aromatic heterocycles. The number of nitrogens with zero attached hydrogens (tertiary/aromatic N) is 1. The summed E-state index contributed by atoms with van der Waals surface area (Å²) < 4.78 is 5.08. The number of hydrogen-bond donors (Lipinski definition) is 1. The van der Waals surface area contributed by atoms with Gasteiger partial charge in [0.2, 0.25) is 0 Å². The number of ether oxygens (including phenoxy) is 1. The summed E-state index contributed by atoms with van der Waals surface area (Å²) in [6.45, 7) is 5.29. The Morgan fingerprint density at radius 2 is 1.75 bits per heavy atom. The maximum Gasteiger partial charge on any atom is 0.329 e. The highest BCUT2D eigenvalue weighted by molar-refractivity contribution is 6.22. The fourth-order valence-electron chi connectivity index (χ4n) is 3.96. The first-order valence-corrected chi connectivity index (χ1v) is 9.74. The van der Waals surface area contributed by atoms with E-state index in [9.17, 15) is 19.2 Å². The molecule has 1 heterocycles. The lowest BCUT2D eigenvalue weighted by molar-refractivity contribution is -0.152. The summed E-state index contributed by atoms with van der Waals surface area (Å²) >= 11 is 0. The van der Waals surface area contributed by atoms with Gasteiger partial charge in [0.25, 0.3) is 17.7 Å². The second kappa shape index (κ2) is 8.12. The zero-order valence-corrected chi connectivity index (χ0v) is 16.4. The lowest BCUT2D eigenvalue weighted by atomic mass is 9.78. The highest BCUT2D eigenvalue weighted by Crippen LogP contribution is 2.29. The number of amides is 3. The third-order valence-electron chi connectivity index (χ3n) is 5.95. The average Bonchev–Trinajstić information content (AvgIpc) is 2.94. The van der Waals surface area contributed by atoms with E-state index >= 15 is 0 Å². The van der Waals surface area contributed by atoms with Crippen molar-refractivity contribution < 1.29 is 23.9 Å². The summed E-state index contributed by atoms with van der Waals surface area (Å²) in [5, 5.41) is 2.93. The maximum absolute atomic E-state index is 12.4. The van der Waals surface area contributed by atoms with E-state index in [0.717, 1.165) is 24.2 Å². The van der Waals surface area contributed by atoms with Crippen LogP contribution in [0.25, 0.3) is 0 Å². The van der Waals surface area contributed by atoms with Gasteiger partial charge in [-0.25, -0.2) is 4.79 Å². The minimum absolute atomic E-state index is 0.0728. The molecule has 1 aromatic rings. The number of rotatable bonds is 5. The molecule has 1 fully saturated rings.